The zero-order valence-corrected chi connectivity index (χ0v) is 18.1. The summed E-state index contributed by atoms with van der Waals surface area (Å²) in [6.45, 7) is 1.97. The largest absolute Gasteiger partial charge is 0.493 e. The Morgan fingerprint density at radius 1 is 1.10 bits per heavy atom. The number of carbonyl (C=O) groups is 4. The van der Waals surface area contributed by atoms with Gasteiger partial charge in [-0.2, -0.15) is 0 Å². The van der Waals surface area contributed by atoms with Gasteiger partial charge in [0, 0.05) is 12.5 Å². The van der Waals surface area contributed by atoms with Crippen LogP contribution in [-0.4, -0.2) is 62.0 Å². The van der Waals surface area contributed by atoms with Gasteiger partial charge in [0.2, 0.25) is 5.75 Å². The standard InChI is InChI=1S/C20H25NO8S/c1-11(22)30-16(10-17(23)29-20(25)13-6-5-7-21-13)18(24)12-8-14(26-2)19(28-4)15(9-12)27-3/h8-9,13,16,21H,5-7,10H2,1-4H3/t13-,16?/m0/s1. The van der Waals surface area contributed by atoms with E-state index in [1.54, 1.807) is 0 Å². The average molecular weight is 439 g/mol. The van der Waals surface area contributed by atoms with E-state index < -0.39 is 35.4 Å². The van der Waals surface area contributed by atoms with Gasteiger partial charge in [0.15, 0.2) is 22.4 Å². The van der Waals surface area contributed by atoms with E-state index in [1.165, 1.54) is 40.4 Å². The Morgan fingerprint density at radius 2 is 1.73 bits per heavy atom. The topological polar surface area (TPSA) is 117 Å². The van der Waals surface area contributed by atoms with Crippen molar-refractivity contribution in [1.82, 2.24) is 5.32 Å². The van der Waals surface area contributed by atoms with Crippen molar-refractivity contribution >= 4 is 34.6 Å². The lowest BCUT2D eigenvalue weighted by Crippen LogP contribution is -2.35. The Hall–Kier alpha value is -2.59. The number of ether oxygens (including phenoxy) is 4. The number of thioether (sulfide) groups is 1. The zero-order valence-electron chi connectivity index (χ0n) is 17.3. The van der Waals surface area contributed by atoms with E-state index in [2.05, 4.69) is 5.32 Å². The van der Waals surface area contributed by atoms with Gasteiger partial charge in [-0.1, -0.05) is 11.8 Å². The highest BCUT2D eigenvalue weighted by Crippen LogP contribution is 2.39. The van der Waals surface area contributed by atoms with E-state index in [4.69, 9.17) is 18.9 Å². The summed E-state index contributed by atoms with van der Waals surface area (Å²) in [5, 5.41) is 1.52. The van der Waals surface area contributed by atoms with Crippen molar-refractivity contribution in [3.8, 4) is 17.2 Å². The van der Waals surface area contributed by atoms with Crippen molar-refractivity contribution < 1.29 is 38.1 Å². The molecule has 0 spiro atoms. The van der Waals surface area contributed by atoms with Gasteiger partial charge >= 0.3 is 11.9 Å². The highest BCUT2D eigenvalue weighted by molar-refractivity contribution is 8.14. The minimum Gasteiger partial charge on any atom is -0.493 e. The van der Waals surface area contributed by atoms with E-state index in [0.29, 0.717) is 30.5 Å². The Bertz CT molecular complexity index is 794. The molecule has 1 N–H and O–H groups in total. The van der Waals surface area contributed by atoms with Gasteiger partial charge in [0.05, 0.1) is 33.0 Å². The molecule has 2 rings (SSSR count). The van der Waals surface area contributed by atoms with Gasteiger partial charge in [-0.05, 0) is 31.5 Å². The highest BCUT2D eigenvalue weighted by Gasteiger charge is 2.31. The number of Topliss-reactive ketones (excluding diaryl/α,β-unsaturated/α-hetero) is 1. The van der Waals surface area contributed by atoms with Crippen molar-refractivity contribution in [3.05, 3.63) is 17.7 Å². The number of nitrogens with one attached hydrogen (secondary N) is 1. The molecule has 164 valence electrons. The first-order valence-corrected chi connectivity index (χ1v) is 10.2. The van der Waals surface area contributed by atoms with Crippen LogP contribution in [0.5, 0.6) is 17.2 Å². The fourth-order valence-corrected chi connectivity index (χ4v) is 3.92. The minimum absolute atomic E-state index is 0.167. The van der Waals surface area contributed by atoms with Crippen molar-refractivity contribution in [2.75, 3.05) is 27.9 Å². The molecule has 0 aromatic heterocycles. The summed E-state index contributed by atoms with van der Waals surface area (Å²) in [4.78, 5) is 49.0. The van der Waals surface area contributed by atoms with Gasteiger partial charge in [0.25, 0.3) is 0 Å². The Morgan fingerprint density at radius 3 is 2.20 bits per heavy atom. The molecular formula is C20H25NO8S. The second kappa shape index (κ2) is 11.0. The van der Waals surface area contributed by atoms with E-state index in [1.807, 2.05) is 0 Å². The summed E-state index contributed by atoms with van der Waals surface area (Å²) < 4.78 is 20.6. The molecule has 1 fully saturated rings. The summed E-state index contributed by atoms with van der Waals surface area (Å²) >= 11 is 0.698. The van der Waals surface area contributed by atoms with E-state index in [9.17, 15) is 19.2 Å². The molecule has 0 radical (unpaired) electrons. The summed E-state index contributed by atoms with van der Waals surface area (Å²) in [6.07, 6.45) is 0.969. The molecule has 9 nitrogen and oxygen atoms in total. The smallest absolute Gasteiger partial charge is 0.330 e. The van der Waals surface area contributed by atoms with Gasteiger partial charge < -0.3 is 24.3 Å². The molecule has 0 saturated carbocycles. The zero-order chi connectivity index (χ0) is 22.3. The Labute approximate surface area is 178 Å². The SMILES string of the molecule is COc1cc(C(=O)C(CC(=O)OC(=O)[C@@H]2CCCN2)SC(C)=O)cc(OC)c1OC. The van der Waals surface area contributed by atoms with Crippen molar-refractivity contribution in [2.45, 2.75) is 37.5 Å². The molecule has 0 bridgehead atoms. The number of ketones is 1. The van der Waals surface area contributed by atoms with Gasteiger partial charge in [0.1, 0.15) is 6.04 Å². The molecule has 1 saturated heterocycles. The van der Waals surface area contributed by atoms with E-state index in [0.717, 1.165) is 6.42 Å². The number of rotatable bonds is 9. The number of carbonyl (C=O) groups excluding carboxylic acids is 4. The summed E-state index contributed by atoms with van der Waals surface area (Å²) in [6, 6.07) is 2.35. The fraction of sp³-hybridized carbons (Fsp3) is 0.500. The molecule has 0 amide bonds. The third-order valence-corrected chi connectivity index (χ3v) is 5.46. The van der Waals surface area contributed by atoms with Crippen LogP contribution in [0, 0.1) is 0 Å². The predicted octanol–water partition coefficient (Wildman–Crippen LogP) is 1.76. The summed E-state index contributed by atoms with van der Waals surface area (Å²) in [5.41, 5.74) is 0.167. The quantitative estimate of drug-likeness (QED) is 0.346. The molecular weight excluding hydrogens is 414 g/mol. The average Bonchev–Trinajstić information content (AvgIpc) is 3.26. The first kappa shape index (κ1) is 23.7. The second-order valence-corrected chi connectivity index (χ2v) is 7.90. The van der Waals surface area contributed by atoms with E-state index in [-0.39, 0.29) is 22.2 Å². The number of hydrogen-bond acceptors (Lipinski definition) is 10. The van der Waals surface area contributed by atoms with Gasteiger partial charge in [-0.25, -0.2) is 4.79 Å². The van der Waals surface area contributed by atoms with Crippen LogP contribution in [0.1, 0.15) is 36.5 Å². The highest BCUT2D eigenvalue weighted by atomic mass is 32.2. The van der Waals surface area contributed by atoms with Crippen LogP contribution in [0.25, 0.3) is 0 Å². The monoisotopic (exact) mass is 439 g/mol. The van der Waals surface area contributed by atoms with Gasteiger partial charge in [-0.15, -0.1) is 0 Å². The molecule has 1 aromatic carbocycles. The van der Waals surface area contributed by atoms with Crippen molar-refractivity contribution in [3.63, 3.8) is 0 Å². The van der Waals surface area contributed by atoms with Crippen LogP contribution in [0.3, 0.4) is 0 Å². The number of methoxy groups -OCH3 is 3. The molecule has 1 aliphatic heterocycles. The molecule has 0 aliphatic carbocycles. The molecule has 1 heterocycles. The lowest BCUT2D eigenvalue weighted by atomic mass is 10.0. The molecule has 2 atom stereocenters. The molecule has 1 aliphatic rings. The van der Waals surface area contributed by atoms with Crippen LogP contribution in [-0.2, 0) is 19.1 Å². The fourth-order valence-electron chi connectivity index (χ4n) is 3.06. The first-order chi connectivity index (χ1) is 14.3. The second-order valence-electron chi connectivity index (χ2n) is 6.52. The summed E-state index contributed by atoms with van der Waals surface area (Å²) in [5.74, 6) is -1.22. The Kier molecular flexibility index (Phi) is 8.67. The van der Waals surface area contributed by atoms with Crippen LogP contribution < -0.4 is 19.5 Å². The number of benzene rings is 1. The lowest BCUT2D eigenvalue weighted by molar-refractivity contribution is -0.160. The number of esters is 2. The third-order valence-electron chi connectivity index (χ3n) is 4.46. The van der Waals surface area contributed by atoms with Crippen molar-refractivity contribution in [1.29, 1.82) is 0 Å². The molecule has 1 unspecified atom stereocenters. The maximum absolute atomic E-state index is 13.1. The Balaban J connectivity index is 2.21. The van der Waals surface area contributed by atoms with Crippen molar-refractivity contribution in [2.24, 2.45) is 0 Å². The van der Waals surface area contributed by atoms with Crippen LogP contribution in [0.2, 0.25) is 0 Å². The normalized spacial score (nSPS) is 16.5. The maximum atomic E-state index is 13.1. The maximum Gasteiger partial charge on any atom is 0.330 e. The minimum atomic E-state index is -1.07. The first-order valence-electron chi connectivity index (χ1n) is 9.30. The summed E-state index contributed by atoms with van der Waals surface area (Å²) in [7, 11) is 4.25. The molecule has 10 heteroatoms. The predicted molar refractivity (Wildman–Crippen MR) is 109 cm³/mol. The lowest BCUT2D eigenvalue weighted by Gasteiger charge is -2.17. The van der Waals surface area contributed by atoms with Crippen LogP contribution in [0.15, 0.2) is 12.1 Å². The van der Waals surface area contributed by atoms with Crippen LogP contribution in [0.4, 0.5) is 0 Å². The molecule has 1 aromatic rings. The van der Waals surface area contributed by atoms with Crippen LogP contribution >= 0.6 is 11.8 Å². The third kappa shape index (κ3) is 5.96. The molecule has 30 heavy (non-hydrogen) atoms. The number of hydrogen-bond donors (Lipinski definition) is 1. The van der Waals surface area contributed by atoms with Gasteiger partial charge in [-0.3, -0.25) is 14.4 Å². The van der Waals surface area contributed by atoms with E-state index >= 15 is 0 Å².